The Morgan fingerprint density at radius 1 is 1.29 bits per heavy atom. The van der Waals surface area contributed by atoms with Crippen molar-refractivity contribution >= 4 is 5.97 Å². The van der Waals surface area contributed by atoms with Crippen molar-refractivity contribution in [2.45, 2.75) is 26.1 Å². The SMILES string of the molecule is CC(C)OC(=O)[C@H](O)c1ccccc1. The summed E-state index contributed by atoms with van der Waals surface area (Å²) in [5.41, 5.74) is 0.554. The second-order valence-electron chi connectivity index (χ2n) is 3.30. The molecular formula is C11H14O3. The first-order valence-electron chi connectivity index (χ1n) is 4.54. The number of hydrogen-bond donors (Lipinski definition) is 1. The molecule has 0 saturated heterocycles. The van der Waals surface area contributed by atoms with Crippen LogP contribution in [0.3, 0.4) is 0 Å². The topological polar surface area (TPSA) is 46.5 Å². The van der Waals surface area contributed by atoms with E-state index >= 15 is 0 Å². The van der Waals surface area contributed by atoms with Gasteiger partial charge in [-0.05, 0) is 19.4 Å². The summed E-state index contributed by atoms with van der Waals surface area (Å²) in [6, 6.07) is 8.73. The number of carbonyl (C=O) groups excluding carboxylic acids is 1. The first kappa shape index (κ1) is 10.7. The van der Waals surface area contributed by atoms with Gasteiger partial charge < -0.3 is 9.84 Å². The van der Waals surface area contributed by atoms with Crippen molar-refractivity contribution in [3.8, 4) is 0 Å². The van der Waals surface area contributed by atoms with E-state index in [0.717, 1.165) is 0 Å². The van der Waals surface area contributed by atoms with Crippen LogP contribution in [0.15, 0.2) is 30.3 Å². The molecule has 0 spiro atoms. The number of aliphatic hydroxyl groups excluding tert-OH is 1. The lowest BCUT2D eigenvalue weighted by molar-refractivity contribution is -0.157. The minimum absolute atomic E-state index is 0.208. The van der Waals surface area contributed by atoms with E-state index < -0.39 is 12.1 Å². The van der Waals surface area contributed by atoms with Crippen LogP contribution in [-0.2, 0) is 9.53 Å². The van der Waals surface area contributed by atoms with E-state index in [-0.39, 0.29) is 6.10 Å². The number of aliphatic hydroxyl groups is 1. The Bertz CT molecular complexity index is 293. The lowest BCUT2D eigenvalue weighted by Crippen LogP contribution is -2.19. The molecule has 14 heavy (non-hydrogen) atoms. The fourth-order valence-corrected chi connectivity index (χ4v) is 1.07. The number of rotatable bonds is 3. The Morgan fingerprint density at radius 3 is 2.36 bits per heavy atom. The molecule has 1 aromatic rings. The molecule has 1 rings (SSSR count). The first-order valence-corrected chi connectivity index (χ1v) is 4.54. The first-order chi connectivity index (χ1) is 6.61. The molecule has 0 aliphatic heterocycles. The lowest BCUT2D eigenvalue weighted by atomic mass is 10.1. The Hall–Kier alpha value is -1.35. The zero-order valence-electron chi connectivity index (χ0n) is 8.31. The van der Waals surface area contributed by atoms with Crippen molar-refractivity contribution in [3.63, 3.8) is 0 Å². The Labute approximate surface area is 83.3 Å². The molecule has 0 aromatic heterocycles. The monoisotopic (exact) mass is 194 g/mol. The number of hydrogen-bond acceptors (Lipinski definition) is 3. The fourth-order valence-electron chi connectivity index (χ4n) is 1.07. The van der Waals surface area contributed by atoms with Gasteiger partial charge in [-0.3, -0.25) is 0 Å². The second-order valence-corrected chi connectivity index (χ2v) is 3.30. The van der Waals surface area contributed by atoms with Gasteiger partial charge in [0.25, 0.3) is 0 Å². The molecule has 0 heterocycles. The van der Waals surface area contributed by atoms with E-state index in [0.29, 0.717) is 5.56 Å². The molecule has 0 amide bonds. The largest absolute Gasteiger partial charge is 0.461 e. The molecular weight excluding hydrogens is 180 g/mol. The van der Waals surface area contributed by atoms with E-state index in [4.69, 9.17) is 4.74 Å². The molecule has 0 bridgehead atoms. The average molecular weight is 194 g/mol. The highest BCUT2D eigenvalue weighted by atomic mass is 16.6. The van der Waals surface area contributed by atoms with Gasteiger partial charge in [-0.15, -0.1) is 0 Å². The maximum Gasteiger partial charge on any atom is 0.339 e. The third kappa shape index (κ3) is 2.85. The van der Waals surface area contributed by atoms with Gasteiger partial charge in [-0.25, -0.2) is 4.79 Å². The van der Waals surface area contributed by atoms with Gasteiger partial charge in [-0.2, -0.15) is 0 Å². The van der Waals surface area contributed by atoms with Crippen LogP contribution in [-0.4, -0.2) is 17.2 Å². The number of benzene rings is 1. The van der Waals surface area contributed by atoms with Crippen molar-refractivity contribution in [1.82, 2.24) is 0 Å². The molecule has 0 unspecified atom stereocenters. The second kappa shape index (κ2) is 4.77. The third-order valence-electron chi connectivity index (χ3n) is 1.69. The van der Waals surface area contributed by atoms with Crippen molar-refractivity contribution in [1.29, 1.82) is 0 Å². The molecule has 1 atom stereocenters. The number of ether oxygens (including phenoxy) is 1. The predicted molar refractivity (Wildman–Crippen MR) is 52.6 cm³/mol. The average Bonchev–Trinajstić information content (AvgIpc) is 2.17. The zero-order chi connectivity index (χ0) is 10.6. The van der Waals surface area contributed by atoms with Crippen LogP contribution in [0.2, 0.25) is 0 Å². The number of carbonyl (C=O) groups is 1. The van der Waals surface area contributed by atoms with Gasteiger partial charge in [0.2, 0.25) is 0 Å². The summed E-state index contributed by atoms with van der Waals surface area (Å²) in [5, 5.41) is 9.56. The molecule has 3 heteroatoms. The molecule has 0 radical (unpaired) electrons. The Balaban J connectivity index is 2.66. The highest BCUT2D eigenvalue weighted by Crippen LogP contribution is 2.14. The van der Waals surface area contributed by atoms with E-state index in [1.165, 1.54) is 0 Å². The Kier molecular flexibility index (Phi) is 3.65. The van der Waals surface area contributed by atoms with Crippen LogP contribution >= 0.6 is 0 Å². The van der Waals surface area contributed by atoms with Gasteiger partial charge in [-0.1, -0.05) is 30.3 Å². The van der Waals surface area contributed by atoms with Crippen LogP contribution in [0, 0.1) is 0 Å². The normalized spacial score (nSPS) is 12.6. The Morgan fingerprint density at radius 2 is 1.86 bits per heavy atom. The summed E-state index contributed by atoms with van der Waals surface area (Å²) >= 11 is 0. The van der Waals surface area contributed by atoms with E-state index in [2.05, 4.69) is 0 Å². The quantitative estimate of drug-likeness (QED) is 0.744. The predicted octanol–water partition coefficient (Wildman–Crippen LogP) is 1.67. The van der Waals surface area contributed by atoms with E-state index in [1.807, 2.05) is 6.07 Å². The standard InChI is InChI=1S/C11H14O3/c1-8(2)14-11(13)10(12)9-6-4-3-5-7-9/h3-8,10,12H,1-2H3/t10-/m1/s1. The van der Waals surface area contributed by atoms with Gasteiger partial charge in [0.05, 0.1) is 6.10 Å². The molecule has 76 valence electrons. The molecule has 1 N–H and O–H groups in total. The minimum Gasteiger partial charge on any atom is -0.461 e. The molecule has 0 aliphatic rings. The van der Waals surface area contributed by atoms with Crippen LogP contribution in [0.25, 0.3) is 0 Å². The van der Waals surface area contributed by atoms with Crippen LogP contribution in [0.4, 0.5) is 0 Å². The maximum atomic E-state index is 11.3. The molecule has 0 aliphatic carbocycles. The van der Waals surface area contributed by atoms with E-state index in [1.54, 1.807) is 38.1 Å². The molecule has 0 fully saturated rings. The molecule has 3 nitrogen and oxygen atoms in total. The van der Waals surface area contributed by atoms with E-state index in [9.17, 15) is 9.90 Å². The van der Waals surface area contributed by atoms with Gasteiger partial charge >= 0.3 is 5.97 Å². The van der Waals surface area contributed by atoms with Gasteiger partial charge in [0.15, 0.2) is 6.10 Å². The summed E-state index contributed by atoms with van der Waals surface area (Å²) < 4.78 is 4.88. The highest BCUT2D eigenvalue weighted by molar-refractivity contribution is 5.76. The zero-order valence-corrected chi connectivity index (χ0v) is 8.31. The van der Waals surface area contributed by atoms with Gasteiger partial charge in [0, 0.05) is 0 Å². The minimum atomic E-state index is -1.18. The summed E-state index contributed by atoms with van der Waals surface area (Å²) in [4.78, 5) is 11.3. The van der Waals surface area contributed by atoms with Crippen molar-refractivity contribution in [2.24, 2.45) is 0 Å². The number of esters is 1. The van der Waals surface area contributed by atoms with Crippen molar-refractivity contribution in [3.05, 3.63) is 35.9 Å². The molecule has 0 saturated carbocycles. The van der Waals surface area contributed by atoms with Crippen LogP contribution in [0.1, 0.15) is 25.5 Å². The van der Waals surface area contributed by atoms with Crippen molar-refractivity contribution in [2.75, 3.05) is 0 Å². The van der Waals surface area contributed by atoms with Crippen molar-refractivity contribution < 1.29 is 14.6 Å². The summed E-state index contributed by atoms with van der Waals surface area (Å²) in [7, 11) is 0. The van der Waals surface area contributed by atoms with Crippen LogP contribution < -0.4 is 0 Å². The highest BCUT2D eigenvalue weighted by Gasteiger charge is 2.19. The third-order valence-corrected chi connectivity index (χ3v) is 1.69. The van der Waals surface area contributed by atoms with Crippen LogP contribution in [0.5, 0.6) is 0 Å². The lowest BCUT2D eigenvalue weighted by Gasteiger charge is -2.12. The summed E-state index contributed by atoms with van der Waals surface area (Å²) in [6.45, 7) is 3.49. The summed E-state index contributed by atoms with van der Waals surface area (Å²) in [5.74, 6) is -0.605. The fraction of sp³-hybridized carbons (Fsp3) is 0.364. The van der Waals surface area contributed by atoms with Gasteiger partial charge in [0.1, 0.15) is 0 Å². The molecule has 1 aromatic carbocycles. The summed E-state index contributed by atoms with van der Waals surface area (Å²) in [6.07, 6.45) is -1.39. The smallest absolute Gasteiger partial charge is 0.339 e. The maximum absolute atomic E-state index is 11.3.